The fourth-order valence-corrected chi connectivity index (χ4v) is 1.63. The first-order chi connectivity index (χ1) is 9.26. The lowest BCUT2D eigenvalue weighted by molar-refractivity contribution is 0.405. The van der Waals surface area contributed by atoms with Gasteiger partial charge in [-0.1, -0.05) is 6.07 Å². The number of nitrogen functional groups attached to an aromatic ring is 1. The third kappa shape index (κ3) is 3.05. The standard InChI is InChI=1S/C13H16N4O2/c1-18-9-6-7-11(19-2)10(8-9)15-12-4-3-5-13(16-12)17-14/h3-8H,14H2,1-2H3,(H2,15,16,17). The van der Waals surface area contributed by atoms with Gasteiger partial charge < -0.3 is 20.2 Å². The van der Waals surface area contributed by atoms with E-state index in [-0.39, 0.29) is 0 Å². The van der Waals surface area contributed by atoms with Crippen molar-refractivity contribution in [2.45, 2.75) is 0 Å². The number of nitrogens with zero attached hydrogens (tertiary/aromatic N) is 1. The molecule has 0 saturated carbocycles. The van der Waals surface area contributed by atoms with Gasteiger partial charge >= 0.3 is 0 Å². The van der Waals surface area contributed by atoms with E-state index in [1.807, 2.05) is 30.3 Å². The molecule has 2 aromatic rings. The molecule has 0 spiro atoms. The quantitative estimate of drug-likeness (QED) is 0.564. The van der Waals surface area contributed by atoms with Crippen LogP contribution in [0.1, 0.15) is 0 Å². The predicted octanol–water partition coefficient (Wildman–Crippen LogP) is 2.13. The topological polar surface area (TPSA) is 81.4 Å². The fraction of sp³-hybridized carbons (Fsp3) is 0.154. The van der Waals surface area contributed by atoms with Crippen LogP contribution in [0.2, 0.25) is 0 Å². The number of nitrogens with one attached hydrogen (secondary N) is 2. The Morgan fingerprint density at radius 1 is 1.05 bits per heavy atom. The van der Waals surface area contributed by atoms with Crippen LogP contribution in [0.5, 0.6) is 11.5 Å². The van der Waals surface area contributed by atoms with Gasteiger partial charge in [0.2, 0.25) is 0 Å². The zero-order valence-electron chi connectivity index (χ0n) is 10.8. The van der Waals surface area contributed by atoms with Crippen molar-refractivity contribution in [3.8, 4) is 11.5 Å². The van der Waals surface area contributed by atoms with E-state index in [1.165, 1.54) is 0 Å². The zero-order chi connectivity index (χ0) is 13.7. The smallest absolute Gasteiger partial charge is 0.142 e. The van der Waals surface area contributed by atoms with Gasteiger partial charge in [0.1, 0.15) is 23.1 Å². The summed E-state index contributed by atoms with van der Waals surface area (Å²) in [5, 5.41) is 3.16. The molecule has 0 saturated heterocycles. The SMILES string of the molecule is COc1ccc(OC)c(Nc2cccc(NN)n2)c1. The van der Waals surface area contributed by atoms with Crippen LogP contribution >= 0.6 is 0 Å². The summed E-state index contributed by atoms with van der Waals surface area (Å²) in [6, 6.07) is 10.9. The van der Waals surface area contributed by atoms with Gasteiger partial charge in [0.05, 0.1) is 19.9 Å². The summed E-state index contributed by atoms with van der Waals surface area (Å²) < 4.78 is 10.5. The van der Waals surface area contributed by atoms with Crippen LogP contribution in [-0.4, -0.2) is 19.2 Å². The third-order valence-electron chi connectivity index (χ3n) is 2.57. The van der Waals surface area contributed by atoms with Gasteiger partial charge in [-0.25, -0.2) is 10.8 Å². The highest BCUT2D eigenvalue weighted by atomic mass is 16.5. The highest BCUT2D eigenvalue weighted by Gasteiger charge is 2.06. The van der Waals surface area contributed by atoms with Crippen molar-refractivity contribution in [1.82, 2.24) is 4.98 Å². The summed E-state index contributed by atoms with van der Waals surface area (Å²) in [5.74, 6) is 7.99. The molecule has 0 aliphatic heterocycles. The van der Waals surface area contributed by atoms with E-state index in [0.29, 0.717) is 17.4 Å². The fourth-order valence-electron chi connectivity index (χ4n) is 1.63. The molecular weight excluding hydrogens is 244 g/mol. The second-order valence-corrected chi connectivity index (χ2v) is 3.74. The number of anilines is 3. The molecule has 0 bridgehead atoms. The third-order valence-corrected chi connectivity index (χ3v) is 2.57. The van der Waals surface area contributed by atoms with E-state index in [1.54, 1.807) is 20.3 Å². The second-order valence-electron chi connectivity index (χ2n) is 3.74. The van der Waals surface area contributed by atoms with Gasteiger partial charge in [-0.2, -0.15) is 0 Å². The maximum absolute atomic E-state index is 5.33. The molecule has 0 atom stereocenters. The van der Waals surface area contributed by atoms with E-state index in [4.69, 9.17) is 15.3 Å². The maximum atomic E-state index is 5.33. The van der Waals surface area contributed by atoms with Crippen LogP contribution in [-0.2, 0) is 0 Å². The van der Waals surface area contributed by atoms with Gasteiger partial charge in [-0.3, -0.25) is 0 Å². The van der Waals surface area contributed by atoms with Crippen LogP contribution < -0.4 is 26.1 Å². The summed E-state index contributed by atoms with van der Waals surface area (Å²) in [4.78, 5) is 4.27. The molecule has 2 rings (SSSR count). The molecular formula is C13H16N4O2. The van der Waals surface area contributed by atoms with Crippen molar-refractivity contribution in [3.63, 3.8) is 0 Å². The summed E-state index contributed by atoms with van der Waals surface area (Å²) in [6.45, 7) is 0. The van der Waals surface area contributed by atoms with E-state index < -0.39 is 0 Å². The Balaban J connectivity index is 2.30. The van der Waals surface area contributed by atoms with Crippen LogP contribution in [0.3, 0.4) is 0 Å². The molecule has 100 valence electrons. The Bertz CT molecular complexity index is 560. The van der Waals surface area contributed by atoms with Gasteiger partial charge in [0, 0.05) is 6.07 Å². The van der Waals surface area contributed by atoms with E-state index >= 15 is 0 Å². The Morgan fingerprint density at radius 3 is 2.53 bits per heavy atom. The van der Waals surface area contributed by atoms with Crippen LogP contribution in [0, 0.1) is 0 Å². The van der Waals surface area contributed by atoms with Crippen LogP contribution in [0.15, 0.2) is 36.4 Å². The summed E-state index contributed by atoms with van der Waals surface area (Å²) >= 11 is 0. The number of hydrazine groups is 1. The second kappa shape index (κ2) is 5.92. The molecule has 1 aromatic heterocycles. The molecule has 6 nitrogen and oxygen atoms in total. The average molecular weight is 260 g/mol. The van der Waals surface area contributed by atoms with Crippen molar-refractivity contribution in [1.29, 1.82) is 0 Å². The summed E-state index contributed by atoms with van der Waals surface area (Å²) in [5.41, 5.74) is 3.26. The minimum absolute atomic E-state index is 0.576. The minimum Gasteiger partial charge on any atom is -0.497 e. The molecule has 0 unspecified atom stereocenters. The number of nitrogens with two attached hydrogens (primary N) is 1. The Labute approximate surface area is 111 Å². The number of benzene rings is 1. The number of hydrogen-bond donors (Lipinski definition) is 3. The number of ether oxygens (including phenoxy) is 2. The lowest BCUT2D eigenvalue weighted by Gasteiger charge is -2.12. The average Bonchev–Trinajstić information content (AvgIpc) is 2.47. The number of rotatable bonds is 5. The van der Waals surface area contributed by atoms with Crippen molar-refractivity contribution in [3.05, 3.63) is 36.4 Å². The van der Waals surface area contributed by atoms with Crippen LogP contribution in [0.4, 0.5) is 17.3 Å². The first kappa shape index (κ1) is 13.0. The minimum atomic E-state index is 0.576. The first-order valence-electron chi connectivity index (χ1n) is 5.69. The highest BCUT2D eigenvalue weighted by molar-refractivity contribution is 5.67. The lowest BCUT2D eigenvalue weighted by atomic mass is 10.2. The van der Waals surface area contributed by atoms with Crippen molar-refractivity contribution in [2.75, 3.05) is 25.0 Å². The molecule has 1 aromatic carbocycles. The summed E-state index contributed by atoms with van der Waals surface area (Å²) in [6.07, 6.45) is 0. The largest absolute Gasteiger partial charge is 0.497 e. The number of methoxy groups -OCH3 is 2. The van der Waals surface area contributed by atoms with Gasteiger partial charge in [0.15, 0.2) is 0 Å². The number of pyridine rings is 1. The monoisotopic (exact) mass is 260 g/mol. The van der Waals surface area contributed by atoms with Gasteiger partial charge in [0.25, 0.3) is 0 Å². The Hall–Kier alpha value is -2.47. The van der Waals surface area contributed by atoms with Gasteiger partial charge in [-0.15, -0.1) is 0 Å². The molecule has 1 heterocycles. The van der Waals surface area contributed by atoms with E-state index in [2.05, 4.69) is 15.7 Å². The molecule has 19 heavy (non-hydrogen) atoms. The molecule has 0 fully saturated rings. The van der Waals surface area contributed by atoms with E-state index in [9.17, 15) is 0 Å². The van der Waals surface area contributed by atoms with Gasteiger partial charge in [-0.05, 0) is 24.3 Å². The first-order valence-corrected chi connectivity index (χ1v) is 5.69. The molecule has 0 amide bonds. The highest BCUT2D eigenvalue weighted by Crippen LogP contribution is 2.31. The van der Waals surface area contributed by atoms with Crippen molar-refractivity contribution in [2.24, 2.45) is 5.84 Å². The van der Waals surface area contributed by atoms with Crippen molar-refractivity contribution >= 4 is 17.3 Å². The van der Waals surface area contributed by atoms with Crippen molar-refractivity contribution < 1.29 is 9.47 Å². The molecule has 4 N–H and O–H groups in total. The molecule has 0 aliphatic carbocycles. The Morgan fingerprint density at radius 2 is 1.84 bits per heavy atom. The van der Waals surface area contributed by atoms with Crippen LogP contribution in [0.25, 0.3) is 0 Å². The molecule has 0 aliphatic rings. The molecule has 0 radical (unpaired) electrons. The Kier molecular flexibility index (Phi) is 4.04. The van der Waals surface area contributed by atoms with E-state index in [0.717, 1.165) is 11.4 Å². The normalized spacial score (nSPS) is 9.84. The number of aromatic nitrogens is 1. The lowest BCUT2D eigenvalue weighted by Crippen LogP contribution is -2.09. The number of hydrogen-bond acceptors (Lipinski definition) is 6. The predicted molar refractivity (Wildman–Crippen MR) is 74.9 cm³/mol. The summed E-state index contributed by atoms with van der Waals surface area (Å²) in [7, 11) is 3.22. The molecule has 6 heteroatoms. The maximum Gasteiger partial charge on any atom is 0.142 e. The zero-order valence-corrected chi connectivity index (χ0v) is 10.8.